The number of hydrogen-bond donors (Lipinski definition) is 1. The lowest BCUT2D eigenvalue weighted by atomic mass is 9.96. The van der Waals surface area contributed by atoms with E-state index in [0.717, 1.165) is 40.2 Å². The lowest BCUT2D eigenvalue weighted by Crippen LogP contribution is -2.38. The Morgan fingerprint density at radius 1 is 1.13 bits per heavy atom. The number of H-pyrrole nitrogens is 1. The van der Waals surface area contributed by atoms with Crippen molar-refractivity contribution in [2.45, 2.75) is 25.2 Å². The van der Waals surface area contributed by atoms with Crippen LogP contribution in [0.3, 0.4) is 0 Å². The summed E-state index contributed by atoms with van der Waals surface area (Å²) < 4.78 is 5.98. The van der Waals surface area contributed by atoms with Gasteiger partial charge in [-0.05, 0) is 54.3 Å². The predicted octanol–water partition coefficient (Wildman–Crippen LogP) is 3.34. The molecule has 2 aliphatic rings. The first-order chi connectivity index (χ1) is 15.2. The molecular weight excluding hydrogens is 394 g/mol. The van der Waals surface area contributed by atoms with Crippen molar-refractivity contribution in [2.75, 3.05) is 11.7 Å². The monoisotopic (exact) mass is 413 g/mol. The number of anilines is 1. The van der Waals surface area contributed by atoms with Gasteiger partial charge in [-0.2, -0.15) is 0 Å². The Bertz CT molecular complexity index is 1270. The van der Waals surface area contributed by atoms with Crippen LogP contribution in [0.25, 0.3) is 11.0 Å². The van der Waals surface area contributed by atoms with Gasteiger partial charge in [0.1, 0.15) is 11.6 Å². The maximum Gasteiger partial charge on any atom is 0.262 e. The topological polar surface area (TPSA) is 93.2 Å². The normalized spacial score (nSPS) is 17.7. The van der Waals surface area contributed by atoms with Crippen molar-refractivity contribution in [3.05, 3.63) is 71.9 Å². The fraction of sp³-hybridized carbons (Fsp3) is 0.217. The van der Waals surface area contributed by atoms with Crippen LogP contribution in [0, 0.1) is 0 Å². The van der Waals surface area contributed by atoms with Crippen LogP contribution in [-0.2, 0) is 17.6 Å². The molecule has 1 amide bonds. The number of nitrogens with zero attached hydrogens (tertiary/aromatic N) is 4. The van der Waals surface area contributed by atoms with Crippen LogP contribution in [0.4, 0.5) is 5.82 Å². The van der Waals surface area contributed by atoms with E-state index in [-0.39, 0.29) is 11.8 Å². The predicted molar refractivity (Wildman–Crippen MR) is 113 cm³/mol. The maximum atomic E-state index is 12.5. The summed E-state index contributed by atoms with van der Waals surface area (Å²) in [6.07, 6.45) is 7.00. The van der Waals surface area contributed by atoms with Crippen molar-refractivity contribution in [2.24, 2.45) is 0 Å². The van der Waals surface area contributed by atoms with E-state index in [0.29, 0.717) is 31.0 Å². The Balaban J connectivity index is 1.27. The summed E-state index contributed by atoms with van der Waals surface area (Å²) in [6, 6.07) is 11.4. The van der Waals surface area contributed by atoms with Crippen molar-refractivity contribution < 1.29 is 14.4 Å². The standard InChI is InChI=1S/C23H19N5O3/c29-21-6-3-14-2-1-8-25-23(14)28(21)31-17-4-5-20-15(11-17)10-16(13-30-20)22-26-18-7-9-24-12-19(18)27-22/h1-2,4-5,7-9,11-12,16H,3,6,10,13H2,(H,26,27). The highest BCUT2D eigenvalue weighted by atomic mass is 16.7. The average Bonchev–Trinajstić information content (AvgIpc) is 3.25. The Morgan fingerprint density at radius 3 is 3.03 bits per heavy atom. The number of pyridine rings is 2. The molecular formula is C23H19N5O3. The molecule has 1 aromatic carbocycles. The van der Waals surface area contributed by atoms with E-state index in [1.807, 2.05) is 36.4 Å². The van der Waals surface area contributed by atoms with Gasteiger partial charge in [-0.1, -0.05) is 6.07 Å². The molecule has 1 N–H and O–H groups in total. The molecule has 1 atom stereocenters. The van der Waals surface area contributed by atoms with Gasteiger partial charge in [0.15, 0.2) is 11.6 Å². The van der Waals surface area contributed by atoms with Gasteiger partial charge < -0.3 is 14.6 Å². The quantitative estimate of drug-likeness (QED) is 0.554. The minimum absolute atomic E-state index is 0.0918. The summed E-state index contributed by atoms with van der Waals surface area (Å²) in [7, 11) is 0. The van der Waals surface area contributed by atoms with Crippen LogP contribution in [-0.4, -0.2) is 32.4 Å². The zero-order valence-electron chi connectivity index (χ0n) is 16.6. The number of carbonyl (C=O) groups excluding carboxylic acids is 1. The van der Waals surface area contributed by atoms with Crippen molar-refractivity contribution in [3.8, 4) is 11.5 Å². The Hall–Kier alpha value is -3.94. The summed E-state index contributed by atoms with van der Waals surface area (Å²) in [5, 5.41) is 1.30. The van der Waals surface area contributed by atoms with Gasteiger partial charge in [0, 0.05) is 18.8 Å². The SMILES string of the molecule is O=C1CCc2cccnc2N1Oc1ccc2c(c1)CC(c1nc3ccncc3[nH]1)CO2. The first-order valence-corrected chi connectivity index (χ1v) is 10.2. The highest BCUT2D eigenvalue weighted by Crippen LogP contribution is 2.35. The average molecular weight is 413 g/mol. The number of amides is 1. The highest BCUT2D eigenvalue weighted by molar-refractivity contribution is 5.93. The minimum Gasteiger partial charge on any atom is -0.493 e. The molecule has 3 aromatic heterocycles. The molecule has 0 saturated carbocycles. The number of benzene rings is 1. The van der Waals surface area contributed by atoms with E-state index in [1.165, 1.54) is 5.06 Å². The van der Waals surface area contributed by atoms with E-state index in [2.05, 4.69) is 15.0 Å². The fourth-order valence-electron chi connectivity index (χ4n) is 4.14. The molecule has 31 heavy (non-hydrogen) atoms. The molecule has 0 bridgehead atoms. The van der Waals surface area contributed by atoms with Gasteiger partial charge >= 0.3 is 0 Å². The largest absolute Gasteiger partial charge is 0.493 e. The molecule has 0 saturated heterocycles. The minimum atomic E-state index is -0.103. The van der Waals surface area contributed by atoms with E-state index in [4.69, 9.17) is 14.6 Å². The van der Waals surface area contributed by atoms with Gasteiger partial charge in [0.2, 0.25) is 0 Å². The van der Waals surface area contributed by atoms with Gasteiger partial charge in [-0.15, -0.1) is 5.06 Å². The molecule has 0 radical (unpaired) electrons. The Kier molecular flexibility index (Phi) is 4.09. The van der Waals surface area contributed by atoms with Gasteiger partial charge in [-0.3, -0.25) is 9.78 Å². The molecule has 4 aromatic rings. The second kappa shape index (κ2) is 7.09. The lowest BCUT2D eigenvalue weighted by Gasteiger charge is -2.28. The number of imidazole rings is 1. The fourth-order valence-corrected chi connectivity index (χ4v) is 4.14. The van der Waals surface area contributed by atoms with Crippen molar-refractivity contribution in [1.82, 2.24) is 19.9 Å². The summed E-state index contributed by atoms with van der Waals surface area (Å²) in [5.74, 6) is 2.82. The van der Waals surface area contributed by atoms with E-state index in [1.54, 1.807) is 18.6 Å². The first kappa shape index (κ1) is 17.9. The summed E-state index contributed by atoms with van der Waals surface area (Å²) >= 11 is 0. The number of rotatable bonds is 3. The second-order valence-electron chi connectivity index (χ2n) is 7.76. The number of fused-ring (bicyclic) bond motifs is 3. The molecule has 1 unspecified atom stereocenters. The number of carbonyl (C=O) groups is 1. The summed E-state index contributed by atoms with van der Waals surface area (Å²) in [5.41, 5.74) is 3.82. The molecule has 6 rings (SSSR count). The zero-order valence-corrected chi connectivity index (χ0v) is 16.6. The van der Waals surface area contributed by atoms with Gasteiger partial charge in [-0.25, -0.2) is 9.97 Å². The molecule has 8 heteroatoms. The molecule has 0 fully saturated rings. The van der Waals surface area contributed by atoms with E-state index >= 15 is 0 Å². The van der Waals surface area contributed by atoms with Crippen LogP contribution >= 0.6 is 0 Å². The van der Waals surface area contributed by atoms with Crippen LogP contribution in [0.2, 0.25) is 0 Å². The Morgan fingerprint density at radius 2 is 2.10 bits per heavy atom. The lowest BCUT2D eigenvalue weighted by molar-refractivity contribution is -0.123. The van der Waals surface area contributed by atoms with Crippen molar-refractivity contribution in [3.63, 3.8) is 0 Å². The number of nitrogens with one attached hydrogen (secondary N) is 1. The summed E-state index contributed by atoms with van der Waals surface area (Å²) in [4.78, 5) is 35.0. The number of ether oxygens (including phenoxy) is 1. The third-order valence-corrected chi connectivity index (χ3v) is 5.72. The third kappa shape index (κ3) is 3.16. The number of hydrogen-bond acceptors (Lipinski definition) is 6. The van der Waals surface area contributed by atoms with Gasteiger partial charge in [0.05, 0.1) is 29.8 Å². The second-order valence-corrected chi connectivity index (χ2v) is 7.76. The van der Waals surface area contributed by atoms with E-state index < -0.39 is 0 Å². The zero-order chi connectivity index (χ0) is 20.8. The molecule has 154 valence electrons. The van der Waals surface area contributed by atoms with Crippen LogP contribution in [0.1, 0.15) is 29.3 Å². The molecule has 8 nitrogen and oxygen atoms in total. The van der Waals surface area contributed by atoms with Crippen LogP contribution < -0.4 is 14.6 Å². The molecule has 5 heterocycles. The maximum absolute atomic E-state index is 12.5. The van der Waals surface area contributed by atoms with Crippen molar-refractivity contribution >= 4 is 22.8 Å². The number of aromatic nitrogens is 4. The smallest absolute Gasteiger partial charge is 0.262 e. The summed E-state index contributed by atoms with van der Waals surface area (Å²) in [6.45, 7) is 0.544. The highest BCUT2D eigenvalue weighted by Gasteiger charge is 2.29. The molecule has 0 spiro atoms. The number of aromatic amines is 1. The number of aryl methyl sites for hydroxylation is 1. The van der Waals surface area contributed by atoms with Crippen molar-refractivity contribution in [1.29, 1.82) is 0 Å². The number of hydroxylamine groups is 1. The Labute approximate surface area is 177 Å². The first-order valence-electron chi connectivity index (χ1n) is 10.2. The van der Waals surface area contributed by atoms with E-state index in [9.17, 15) is 4.79 Å². The molecule has 2 aliphatic heterocycles. The van der Waals surface area contributed by atoms with Crippen LogP contribution in [0.15, 0.2) is 55.0 Å². The third-order valence-electron chi connectivity index (χ3n) is 5.72. The van der Waals surface area contributed by atoms with Gasteiger partial charge in [0.25, 0.3) is 5.91 Å². The molecule has 0 aliphatic carbocycles. The van der Waals surface area contributed by atoms with Crippen LogP contribution in [0.5, 0.6) is 11.5 Å².